The lowest BCUT2D eigenvalue weighted by atomic mass is 10.1. The molecule has 4 rings (SSSR count). The van der Waals surface area contributed by atoms with Gasteiger partial charge in [-0.2, -0.15) is 4.98 Å². The van der Waals surface area contributed by atoms with Gasteiger partial charge in [0.25, 0.3) is 5.91 Å². The number of aromatic nitrogens is 3. The minimum atomic E-state index is -0.309. The molecule has 7 heteroatoms. The molecule has 2 fully saturated rings. The zero-order valence-electron chi connectivity index (χ0n) is 15.9. The van der Waals surface area contributed by atoms with Crippen molar-refractivity contribution in [1.82, 2.24) is 19.6 Å². The lowest BCUT2D eigenvalue weighted by Crippen LogP contribution is -2.44. The second kappa shape index (κ2) is 6.54. The third-order valence-corrected chi connectivity index (χ3v) is 5.27. The normalized spacial score (nSPS) is 20.8. The molecule has 26 heavy (non-hydrogen) atoms. The molecule has 0 bridgehead atoms. The van der Waals surface area contributed by atoms with Crippen molar-refractivity contribution in [3.8, 4) is 0 Å². The van der Waals surface area contributed by atoms with Gasteiger partial charge < -0.3 is 18.7 Å². The highest BCUT2D eigenvalue weighted by atomic mass is 16.5. The number of nitrogens with zero attached hydrogens (tertiary/aromatic N) is 4. The summed E-state index contributed by atoms with van der Waals surface area (Å²) in [6.07, 6.45) is 2.40. The summed E-state index contributed by atoms with van der Waals surface area (Å²) in [5.41, 5.74) is 2.98. The molecule has 140 valence electrons. The van der Waals surface area contributed by atoms with E-state index >= 15 is 0 Å². The summed E-state index contributed by atoms with van der Waals surface area (Å²) in [6, 6.07) is 2.26. The second-order valence-corrected chi connectivity index (χ2v) is 7.62. The van der Waals surface area contributed by atoms with Crippen LogP contribution in [-0.2, 0) is 4.74 Å². The van der Waals surface area contributed by atoms with Crippen LogP contribution in [0, 0.1) is 13.8 Å². The third-order valence-electron chi connectivity index (χ3n) is 5.27. The van der Waals surface area contributed by atoms with Gasteiger partial charge in [0.1, 0.15) is 6.04 Å². The zero-order valence-corrected chi connectivity index (χ0v) is 15.9. The van der Waals surface area contributed by atoms with E-state index in [-0.39, 0.29) is 17.9 Å². The number of ether oxygens (including phenoxy) is 1. The molecule has 1 saturated heterocycles. The Labute approximate surface area is 153 Å². The molecule has 3 heterocycles. The maximum Gasteiger partial charge on any atom is 0.256 e. The van der Waals surface area contributed by atoms with Crippen molar-refractivity contribution in [2.24, 2.45) is 0 Å². The van der Waals surface area contributed by atoms with Gasteiger partial charge in [-0.15, -0.1) is 0 Å². The lowest BCUT2D eigenvalue weighted by molar-refractivity contribution is -0.00581. The Morgan fingerprint density at radius 2 is 2.08 bits per heavy atom. The maximum atomic E-state index is 13.3. The molecule has 1 amide bonds. The van der Waals surface area contributed by atoms with Crippen LogP contribution in [0.1, 0.15) is 78.2 Å². The first kappa shape index (κ1) is 17.3. The van der Waals surface area contributed by atoms with E-state index in [0.717, 1.165) is 17.0 Å². The highest BCUT2D eigenvalue weighted by Crippen LogP contribution is 2.39. The van der Waals surface area contributed by atoms with E-state index < -0.39 is 0 Å². The molecule has 2 aromatic rings. The van der Waals surface area contributed by atoms with E-state index in [2.05, 4.69) is 21.6 Å². The molecule has 1 aliphatic carbocycles. The van der Waals surface area contributed by atoms with Gasteiger partial charge in [-0.1, -0.05) is 19.0 Å². The van der Waals surface area contributed by atoms with Gasteiger partial charge >= 0.3 is 0 Å². The monoisotopic (exact) mass is 358 g/mol. The summed E-state index contributed by atoms with van der Waals surface area (Å²) in [6.45, 7) is 9.58. The summed E-state index contributed by atoms with van der Waals surface area (Å²) in [5.74, 6) is 1.29. The summed E-state index contributed by atoms with van der Waals surface area (Å²) < 4.78 is 13.2. The number of hydrogen-bond donors (Lipinski definition) is 0. The summed E-state index contributed by atoms with van der Waals surface area (Å²) in [4.78, 5) is 19.6. The zero-order chi connectivity index (χ0) is 18.4. The maximum absolute atomic E-state index is 13.3. The fourth-order valence-corrected chi connectivity index (χ4v) is 3.72. The number of morpholine rings is 1. The van der Waals surface area contributed by atoms with E-state index in [1.165, 1.54) is 12.8 Å². The highest BCUT2D eigenvalue weighted by Gasteiger charge is 2.35. The first-order chi connectivity index (χ1) is 12.5. The average Bonchev–Trinajstić information content (AvgIpc) is 3.23. The molecule has 0 unspecified atom stereocenters. The Morgan fingerprint density at radius 3 is 2.73 bits per heavy atom. The molecule has 2 aliphatic rings. The lowest BCUT2D eigenvalue weighted by Gasteiger charge is -2.33. The smallest absolute Gasteiger partial charge is 0.256 e. The van der Waals surface area contributed by atoms with E-state index in [1.807, 2.05) is 31.7 Å². The molecule has 0 aromatic carbocycles. The molecule has 0 N–H and O–H groups in total. The molecule has 1 aliphatic heterocycles. The number of carbonyl (C=O) groups excluding carboxylic acids is 1. The molecule has 7 nitrogen and oxygen atoms in total. The minimum absolute atomic E-state index is 0.0224. The van der Waals surface area contributed by atoms with Crippen molar-refractivity contribution in [3.05, 3.63) is 34.7 Å². The summed E-state index contributed by atoms with van der Waals surface area (Å²) in [7, 11) is 0. The van der Waals surface area contributed by atoms with E-state index in [0.29, 0.717) is 37.5 Å². The Balaban J connectivity index is 1.63. The summed E-state index contributed by atoms with van der Waals surface area (Å²) in [5, 5.41) is 4.11. The van der Waals surface area contributed by atoms with Crippen LogP contribution < -0.4 is 0 Å². The van der Waals surface area contributed by atoms with Crippen molar-refractivity contribution >= 4 is 5.91 Å². The number of amides is 1. The number of aryl methyl sites for hydroxylation is 1. The van der Waals surface area contributed by atoms with Crippen LogP contribution in [0.3, 0.4) is 0 Å². The molecule has 1 atom stereocenters. The molecule has 2 aromatic heterocycles. The van der Waals surface area contributed by atoms with Gasteiger partial charge in [-0.25, -0.2) is 0 Å². The second-order valence-electron chi connectivity index (χ2n) is 7.62. The summed E-state index contributed by atoms with van der Waals surface area (Å²) >= 11 is 0. The molecule has 0 spiro atoms. The molecule has 0 radical (unpaired) electrons. The van der Waals surface area contributed by atoms with Gasteiger partial charge in [-0.05, 0) is 32.8 Å². The Hall–Kier alpha value is -2.15. The van der Waals surface area contributed by atoms with Gasteiger partial charge in [0.05, 0.1) is 18.8 Å². The Morgan fingerprint density at radius 1 is 1.31 bits per heavy atom. The van der Waals surface area contributed by atoms with Crippen molar-refractivity contribution in [3.63, 3.8) is 0 Å². The van der Waals surface area contributed by atoms with Gasteiger partial charge in [-0.3, -0.25) is 4.79 Å². The van der Waals surface area contributed by atoms with E-state index in [9.17, 15) is 4.79 Å². The predicted octanol–water partition coefficient (Wildman–Crippen LogP) is 3.16. The average molecular weight is 358 g/mol. The van der Waals surface area contributed by atoms with Crippen LogP contribution in [0.2, 0.25) is 0 Å². The first-order valence-corrected chi connectivity index (χ1v) is 9.38. The topological polar surface area (TPSA) is 73.4 Å². The minimum Gasteiger partial charge on any atom is -0.377 e. The van der Waals surface area contributed by atoms with Crippen LogP contribution >= 0.6 is 0 Å². The molecule has 1 saturated carbocycles. The van der Waals surface area contributed by atoms with Crippen LogP contribution in [-0.4, -0.2) is 45.3 Å². The SMILES string of the molecule is Cc1cc(C(=O)N2CCOC[C@H]2c2noc(C(C)C)n2)c(C)n1C1CC1. The van der Waals surface area contributed by atoms with Gasteiger partial charge in [0.15, 0.2) is 5.82 Å². The highest BCUT2D eigenvalue weighted by molar-refractivity contribution is 5.96. The van der Waals surface area contributed by atoms with E-state index in [1.54, 1.807) is 0 Å². The first-order valence-electron chi connectivity index (χ1n) is 9.38. The van der Waals surface area contributed by atoms with Gasteiger partial charge in [0, 0.05) is 29.9 Å². The van der Waals surface area contributed by atoms with Gasteiger partial charge in [0.2, 0.25) is 5.89 Å². The number of hydrogen-bond acceptors (Lipinski definition) is 5. The van der Waals surface area contributed by atoms with Crippen LogP contribution in [0.5, 0.6) is 0 Å². The van der Waals surface area contributed by atoms with Crippen LogP contribution in [0.15, 0.2) is 10.6 Å². The Kier molecular flexibility index (Phi) is 4.34. The number of rotatable bonds is 4. The van der Waals surface area contributed by atoms with Crippen LogP contribution in [0.4, 0.5) is 0 Å². The Bertz CT molecular complexity index is 819. The third kappa shape index (κ3) is 2.94. The fourth-order valence-electron chi connectivity index (χ4n) is 3.72. The largest absolute Gasteiger partial charge is 0.377 e. The quantitative estimate of drug-likeness (QED) is 0.839. The van der Waals surface area contributed by atoms with Crippen molar-refractivity contribution in [1.29, 1.82) is 0 Å². The standard InChI is InChI=1S/C19H26N4O3/c1-11(2)18-20-17(21-26-18)16-10-25-8-7-22(16)19(24)15-9-12(3)23(13(15)4)14-5-6-14/h9,11,14,16H,5-8,10H2,1-4H3/t16-/m0/s1. The number of carbonyl (C=O) groups is 1. The van der Waals surface area contributed by atoms with Crippen molar-refractivity contribution in [2.45, 2.75) is 58.5 Å². The van der Waals surface area contributed by atoms with Crippen molar-refractivity contribution in [2.75, 3.05) is 19.8 Å². The fraction of sp³-hybridized carbons (Fsp3) is 0.632. The molecular formula is C19H26N4O3. The van der Waals surface area contributed by atoms with Crippen molar-refractivity contribution < 1.29 is 14.1 Å². The van der Waals surface area contributed by atoms with E-state index in [4.69, 9.17) is 9.26 Å². The molecular weight excluding hydrogens is 332 g/mol. The van der Waals surface area contributed by atoms with Crippen LogP contribution in [0.25, 0.3) is 0 Å². The predicted molar refractivity (Wildman–Crippen MR) is 95.2 cm³/mol.